The summed E-state index contributed by atoms with van der Waals surface area (Å²) >= 11 is 0. The molecule has 4 nitrogen and oxygen atoms in total. The molecule has 0 atom stereocenters. The summed E-state index contributed by atoms with van der Waals surface area (Å²) in [5.74, 6) is 5.70. The Morgan fingerprint density at radius 3 is 2.60 bits per heavy atom. The molecule has 1 heterocycles. The van der Waals surface area contributed by atoms with Crippen molar-refractivity contribution < 1.29 is 4.79 Å². The SMILES string of the molecule is NCC#Cc1ccc(C(=O)NCCN2CCCC2)cc1. The number of benzene rings is 1. The van der Waals surface area contributed by atoms with Gasteiger partial charge in [0.2, 0.25) is 0 Å². The Labute approximate surface area is 120 Å². The standard InChI is InChI=1S/C16H21N3O/c17-9-3-4-14-5-7-15(8-6-14)16(20)18-10-13-19-11-1-2-12-19/h5-8H,1-2,9-13,17H2,(H,18,20). The zero-order valence-electron chi connectivity index (χ0n) is 11.7. The van der Waals surface area contributed by atoms with Crippen LogP contribution in [0.3, 0.4) is 0 Å². The van der Waals surface area contributed by atoms with Crippen molar-refractivity contribution in [2.75, 3.05) is 32.7 Å². The van der Waals surface area contributed by atoms with Gasteiger partial charge < -0.3 is 16.0 Å². The molecule has 0 saturated carbocycles. The van der Waals surface area contributed by atoms with Crippen LogP contribution in [0.2, 0.25) is 0 Å². The number of carbonyl (C=O) groups excluding carboxylic acids is 1. The summed E-state index contributed by atoms with van der Waals surface area (Å²) in [4.78, 5) is 14.3. The third kappa shape index (κ3) is 4.37. The van der Waals surface area contributed by atoms with Crippen molar-refractivity contribution in [1.82, 2.24) is 10.2 Å². The van der Waals surface area contributed by atoms with Crippen LogP contribution in [0, 0.1) is 11.8 Å². The zero-order valence-corrected chi connectivity index (χ0v) is 11.7. The van der Waals surface area contributed by atoms with Crippen molar-refractivity contribution in [3.63, 3.8) is 0 Å². The van der Waals surface area contributed by atoms with Crippen molar-refractivity contribution in [1.29, 1.82) is 0 Å². The number of hydrogen-bond donors (Lipinski definition) is 2. The molecule has 20 heavy (non-hydrogen) atoms. The predicted octanol–water partition coefficient (Wildman–Crippen LogP) is 0.822. The fourth-order valence-corrected chi connectivity index (χ4v) is 2.29. The van der Waals surface area contributed by atoms with Crippen LogP contribution in [-0.4, -0.2) is 43.5 Å². The first-order chi connectivity index (χ1) is 9.79. The summed E-state index contributed by atoms with van der Waals surface area (Å²) in [6, 6.07) is 7.29. The van der Waals surface area contributed by atoms with Crippen molar-refractivity contribution in [2.45, 2.75) is 12.8 Å². The molecule has 4 heteroatoms. The molecule has 1 saturated heterocycles. The van der Waals surface area contributed by atoms with Gasteiger partial charge in [0.05, 0.1) is 6.54 Å². The van der Waals surface area contributed by atoms with Crippen molar-refractivity contribution >= 4 is 5.91 Å². The highest BCUT2D eigenvalue weighted by atomic mass is 16.1. The van der Waals surface area contributed by atoms with Crippen LogP contribution in [0.1, 0.15) is 28.8 Å². The van der Waals surface area contributed by atoms with Crippen LogP contribution in [0.5, 0.6) is 0 Å². The lowest BCUT2D eigenvalue weighted by Gasteiger charge is -2.14. The van der Waals surface area contributed by atoms with E-state index in [0.717, 1.165) is 25.2 Å². The first-order valence-corrected chi connectivity index (χ1v) is 7.09. The van der Waals surface area contributed by atoms with Gasteiger partial charge in [-0.2, -0.15) is 0 Å². The van der Waals surface area contributed by atoms with E-state index in [-0.39, 0.29) is 5.91 Å². The van der Waals surface area contributed by atoms with Gasteiger partial charge in [0.15, 0.2) is 0 Å². The minimum absolute atomic E-state index is 0.0254. The Balaban J connectivity index is 1.79. The molecule has 0 unspecified atom stereocenters. The molecule has 1 fully saturated rings. The minimum atomic E-state index is -0.0254. The van der Waals surface area contributed by atoms with E-state index in [4.69, 9.17) is 5.73 Å². The Kier molecular flexibility index (Phi) is 5.60. The van der Waals surface area contributed by atoms with Crippen LogP contribution in [0.4, 0.5) is 0 Å². The van der Waals surface area contributed by atoms with E-state index in [1.54, 1.807) is 12.1 Å². The molecule has 0 spiro atoms. The van der Waals surface area contributed by atoms with Gasteiger partial charge >= 0.3 is 0 Å². The van der Waals surface area contributed by atoms with Crippen LogP contribution in [0.15, 0.2) is 24.3 Å². The highest BCUT2D eigenvalue weighted by Crippen LogP contribution is 2.06. The predicted molar refractivity (Wildman–Crippen MR) is 80.4 cm³/mol. The quantitative estimate of drug-likeness (QED) is 0.797. The fraction of sp³-hybridized carbons (Fsp3) is 0.438. The number of rotatable bonds is 4. The number of amides is 1. The maximum atomic E-state index is 12.0. The zero-order chi connectivity index (χ0) is 14.2. The molecular formula is C16H21N3O. The van der Waals surface area contributed by atoms with Crippen LogP contribution in [-0.2, 0) is 0 Å². The van der Waals surface area contributed by atoms with Crippen LogP contribution < -0.4 is 11.1 Å². The molecule has 0 radical (unpaired) electrons. The first-order valence-electron chi connectivity index (χ1n) is 7.09. The lowest BCUT2D eigenvalue weighted by Crippen LogP contribution is -2.33. The summed E-state index contributed by atoms with van der Waals surface area (Å²) in [5, 5.41) is 2.95. The largest absolute Gasteiger partial charge is 0.351 e. The van der Waals surface area contributed by atoms with E-state index in [1.807, 2.05) is 12.1 Å². The molecule has 2 rings (SSSR count). The monoisotopic (exact) mass is 271 g/mol. The van der Waals surface area contributed by atoms with Gasteiger partial charge in [0.1, 0.15) is 0 Å². The summed E-state index contributed by atoms with van der Waals surface area (Å²) in [6.07, 6.45) is 2.55. The maximum absolute atomic E-state index is 12.0. The van der Waals surface area contributed by atoms with Gasteiger partial charge in [-0.15, -0.1) is 0 Å². The second-order valence-electron chi connectivity index (χ2n) is 4.89. The molecule has 0 aliphatic carbocycles. The maximum Gasteiger partial charge on any atom is 0.251 e. The molecule has 1 aliphatic rings. The Morgan fingerprint density at radius 2 is 1.95 bits per heavy atom. The number of carbonyl (C=O) groups is 1. The average molecular weight is 271 g/mol. The molecule has 3 N–H and O–H groups in total. The minimum Gasteiger partial charge on any atom is -0.351 e. The Bertz CT molecular complexity index is 493. The van der Waals surface area contributed by atoms with Gasteiger partial charge in [-0.25, -0.2) is 0 Å². The Morgan fingerprint density at radius 1 is 1.25 bits per heavy atom. The van der Waals surface area contributed by atoms with Crippen LogP contribution in [0.25, 0.3) is 0 Å². The average Bonchev–Trinajstić information content (AvgIpc) is 2.99. The van der Waals surface area contributed by atoms with E-state index >= 15 is 0 Å². The number of nitrogens with two attached hydrogens (primary N) is 1. The van der Waals surface area contributed by atoms with Gasteiger partial charge in [-0.05, 0) is 50.2 Å². The smallest absolute Gasteiger partial charge is 0.251 e. The molecular weight excluding hydrogens is 250 g/mol. The molecule has 1 aromatic carbocycles. The van der Waals surface area contributed by atoms with Gasteiger partial charge in [0.25, 0.3) is 5.91 Å². The normalized spacial score (nSPS) is 14.7. The Hall–Kier alpha value is -1.83. The second kappa shape index (κ2) is 7.68. The number of nitrogens with zero attached hydrogens (tertiary/aromatic N) is 1. The van der Waals surface area contributed by atoms with E-state index in [2.05, 4.69) is 22.1 Å². The number of hydrogen-bond acceptors (Lipinski definition) is 3. The second-order valence-corrected chi connectivity index (χ2v) is 4.89. The van der Waals surface area contributed by atoms with E-state index in [1.165, 1.54) is 12.8 Å². The fourth-order valence-electron chi connectivity index (χ4n) is 2.29. The molecule has 1 aliphatic heterocycles. The highest BCUT2D eigenvalue weighted by Gasteiger charge is 2.11. The van der Waals surface area contributed by atoms with E-state index < -0.39 is 0 Å². The van der Waals surface area contributed by atoms with E-state index in [9.17, 15) is 4.79 Å². The van der Waals surface area contributed by atoms with Crippen molar-refractivity contribution in [3.05, 3.63) is 35.4 Å². The third-order valence-electron chi connectivity index (χ3n) is 3.39. The van der Waals surface area contributed by atoms with Gasteiger partial charge in [-0.3, -0.25) is 4.79 Å². The lowest BCUT2D eigenvalue weighted by atomic mass is 10.1. The van der Waals surface area contributed by atoms with Gasteiger partial charge in [-0.1, -0.05) is 11.8 Å². The number of likely N-dealkylation sites (tertiary alicyclic amines) is 1. The molecule has 1 amide bonds. The highest BCUT2D eigenvalue weighted by molar-refractivity contribution is 5.94. The summed E-state index contributed by atoms with van der Waals surface area (Å²) in [6.45, 7) is 4.30. The molecule has 106 valence electrons. The third-order valence-corrected chi connectivity index (χ3v) is 3.39. The molecule has 0 aromatic heterocycles. The van der Waals surface area contributed by atoms with Gasteiger partial charge in [0, 0.05) is 24.2 Å². The van der Waals surface area contributed by atoms with Crippen molar-refractivity contribution in [2.24, 2.45) is 5.73 Å². The van der Waals surface area contributed by atoms with Crippen LogP contribution >= 0.6 is 0 Å². The van der Waals surface area contributed by atoms with Crippen molar-refractivity contribution in [3.8, 4) is 11.8 Å². The molecule has 0 bridgehead atoms. The van der Waals surface area contributed by atoms with E-state index in [0.29, 0.717) is 18.7 Å². The topological polar surface area (TPSA) is 58.4 Å². The first kappa shape index (κ1) is 14.6. The number of nitrogens with one attached hydrogen (secondary N) is 1. The summed E-state index contributed by atoms with van der Waals surface area (Å²) < 4.78 is 0. The summed E-state index contributed by atoms with van der Waals surface area (Å²) in [7, 11) is 0. The summed E-state index contributed by atoms with van der Waals surface area (Å²) in [5.41, 5.74) is 6.87. The lowest BCUT2D eigenvalue weighted by molar-refractivity contribution is 0.0950. The molecule has 1 aromatic rings.